The number of aromatic amines is 1. The Morgan fingerprint density at radius 3 is 2.78 bits per heavy atom. The molecule has 2 saturated heterocycles. The Hall–Kier alpha value is -1.90. The van der Waals surface area contributed by atoms with E-state index in [-0.39, 0.29) is 17.9 Å². The first-order valence-corrected chi connectivity index (χ1v) is 11.1. The van der Waals surface area contributed by atoms with Gasteiger partial charge < -0.3 is 14.6 Å². The number of benzene rings is 1. The van der Waals surface area contributed by atoms with Crippen LogP contribution in [0, 0.1) is 12.8 Å². The van der Waals surface area contributed by atoms with Crippen molar-refractivity contribution in [2.24, 2.45) is 5.92 Å². The Bertz CT molecular complexity index is 968. The lowest BCUT2D eigenvalue weighted by Crippen LogP contribution is -2.47. The highest BCUT2D eigenvalue weighted by Crippen LogP contribution is 2.25. The summed E-state index contributed by atoms with van der Waals surface area (Å²) in [6.07, 6.45) is 1.55. The average molecular weight is 391 g/mol. The summed E-state index contributed by atoms with van der Waals surface area (Å²) in [5, 5.41) is 1.07. The number of hydrogen-bond donors (Lipinski definition) is 1. The number of nitrogens with one attached hydrogen (secondary N) is 1. The van der Waals surface area contributed by atoms with Crippen molar-refractivity contribution in [3.63, 3.8) is 0 Å². The van der Waals surface area contributed by atoms with E-state index in [2.05, 4.69) is 4.98 Å². The van der Waals surface area contributed by atoms with Crippen LogP contribution in [0.4, 0.5) is 0 Å². The number of sulfonamides is 1. The van der Waals surface area contributed by atoms with E-state index in [1.165, 1.54) is 10.6 Å². The highest BCUT2D eigenvalue weighted by Gasteiger charge is 2.39. The second-order valence-corrected chi connectivity index (χ2v) is 9.57. The van der Waals surface area contributed by atoms with Crippen LogP contribution in [0.5, 0.6) is 0 Å². The molecule has 3 heterocycles. The third-order valence-electron chi connectivity index (χ3n) is 5.55. The second kappa shape index (κ2) is 6.92. The zero-order valence-corrected chi connectivity index (χ0v) is 16.5. The van der Waals surface area contributed by atoms with E-state index in [0.717, 1.165) is 22.2 Å². The molecule has 0 aliphatic carbocycles. The summed E-state index contributed by atoms with van der Waals surface area (Å²) in [6, 6.07) is 7.66. The van der Waals surface area contributed by atoms with Gasteiger partial charge in [-0.3, -0.25) is 4.79 Å². The van der Waals surface area contributed by atoms with Gasteiger partial charge in [0.1, 0.15) is 0 Å². The first-order chi connectivity index (χ1) is 12.8. The summed E-state index contributed by atoms with van der Waals surface area (Å²) >= 11 is 0. The number of fused-ring (bicyclic) bond motifs is 4. The molecular formula is C19H25N3O4S. The van der Waals surface area contributed by atoms with Crippen LogP contribution in [-0.4, -0.2) is 73.7 Å². The summed E-state index contributed by atoms with van der Waals surface area (Å²) in [4.78, 5) is 18.3. The third kappa shape index (κ3) is 3.61. The Morgan fingerprint density at radius 2 is 2.00 bits per heavy atom. The summed E-state index contributed by atoms with van der Waals surface area (Å²) in [5.74, 6) is 0.0374. The summed E-state index contributed by atoms with van der Waals surface area (Å²) in [7, 11) is -3.33. The van der Waals surface area contributed by atoms with E-state index < -0.39 is 10.0 Å². The number of ether oxygens (including phenoxy) is 1. The van der Waals surface area contributed by atoms with Gasteiger partial charge in [0.2, 0.25) is 15.9 Å². The standard InChI is InChI=1S/C19H25N3O4S/c1-13-17(16-5-3-4-6-18(16)20-13)7-19(23)21-8-14-9-22(27(2,24)25)15(10-21)12-26-11-14/h3-6,14-15,20H,7-12H2,1-2H3/t14-,15-/m0/s1. The number of aryl methyl sites for hydroxylation is 1. The molecule has 0 spiro atoms. The fourth-order valence-electron chi connectivity index (χ4n) is 4.24. The Morgan fingerprint density at radius 1 is 1.22 bits per heavy atom. The molecule has 0 saturated carbocycles. The molecule has 2 bridgehead atoms. The zero-order valence-electron chi connectivity index (χ0n) is 15.6. The van der Waals surface area contributed by atoms with E-state index >= 15 is 0 Å². The van der Waals surface area contributed by atoms with Crippen molar-refractivity contribution in [3.05, 3.63) is 35.5 Å². The molecule has 2 atom stereocenters. The fourth-order valence-corrected chi connectivity index (χ4v) is 5.39. The van der Waals surface area contributed by atoms with Crippen LogP contribution in [0.1, 0.15) is 11.3 Å². The molecule has 2 fully saturated rings. The number of aromatic nitrogens is 1. The highest BCUT2D eigenvalue weighted by molar-refractivity contribution is 7.88. The molecule has 2 aromatic rings. The molecule has 8 heteroatoms. The molecule has 1 aromatic heterocycles. The quantitative estimate of drug-likeness (QED) is 0.851. The molecule has 1 aromatic carbocycles. The van der Waals surface area contributed by atoms with Crippen molar-refractivity contribution < 1.29 is 17.9 Å². The van der Waals surface area contributed by atoms with Gasteiger partial charge in [-0.05, 0) is 18.6 Å². The van der Waals surface area contributed by atoms with Crippen molar-refractivity contribution in [1.29, 1.82) is 0 Å². The molecule has 1 amide bonds. The van der Waals surface area contributed by atoms with Crippen molar-refractivity contribution >= 4 is 26.8 Å². The minimum atomic E-state index is -3.33. The van der Waals surface area contributed by atoms with Crippen molar-refractivity contribution in [2.75, 3.05) is 39.1 Å². The topological polar surface area (TPSA) is 82.7 Å². The average Bonchev–Trinajstić information content (AvgIpc) is 2.76. The Labute approximate surface area is 159 Å². The molecule has 2 aliphatic rings. The monoisotopic (exact) mass is 391 g/mol. The molecule has 2 aliphatic heterocycles. The lowest BCUT2D eigenvalue weighted by Gasteiger charge is -2.30. The fraction of sp³-hybridized carbons (Fsp3) is 0.526. The minimum absolute atomic E-state index is 0.000223. The molecule has 1 N–H and O–H groups in total. The maximum absolute atomic E-state index is 13.1. The summed E-state index contributed by atoms with van der Waals surface area (Å²) in [5.41, 5.74) is 3.05. The molecule has 0 radical (unpaired) electrons. The van der Waals surface area contributed by atoms with Gasteiger partial charge in [0.05, 0.1) is 31.9 Å². The first-order valence-electron chi connectivity index (χ1n) is 9.21. The van der Waals surface area contributed by atoms with Gasteiger partial charge in [-0.1, -0.05) is 18.2 Å². The molecular weight excluding hydrogens is 366 g/mol. The first kappa shape index (κ1) is 18.5. The number of para-hydroxylation sites is 1. The Kier molecular flexibility index (Phi) is 4.73. The third-order valence-corrected chi connectivity index (χ3v) is 6.85. The van der Waals surface area contributed by atoms with Crippen molar-refractivity contribution in [1.82, 2.24) is 14.2 Å². The maximum Gasteiger partial charge on any atom is 0.227 e. The predicted molar refractivity (Wildman–Crippen MR) is 103 cm³/mol. The highest BCUT2D eigenvalue weighted by atomic mass is 32.2. The molecule has 7 nitrogen and oxygen atoms in total. The molecule has 0 unspecified atom stereocenters. The van der Waals surface area contributed by atoms with E-state index in [4.69, 9.17) is 4.74 Å². The largest absolute Gasteiger partial charge is 0.379 e. The van der Waals surface area contributed by atoms with Crippen LogP contribution in [0.25, 0.3) is 10.9 Å². The predicted octanol–water partition coefficient (Wildman–Crippen LogP) is 1.14. The molecule has 146 valence electrons. The van der Waals surface area contributed by atoms with Crippen molar-refractivity contribution in [2.45, 2.75) is 19.4 Å². The van der Waals surface area contributed by atoms with Gasteiger partial charge in [0.15, 0.2) is 0 Å². The number of nitrogens with zero attached hydrogens (tertiary/aromatic N) is 2. The number of carbonyl (C=O) groups excluding carboxylic acids is 1. The maximum atomic E-state index is 13.1. The van der Waals surface area contributed by atoms with Crippen LogP contribution in [0.3, 0.4) is 0 Å². The van der Waals surface area contributed by atoms with Crippen LogP contribution in [0.2, 0.25) is 0 Å². The van der Waals surface area contributed by atoms with Gasteiger partial charge in [0, 0.05) is 42.1 Å². The number of rotatable bonds is 3. The lowest BCUT2D eigenvalue weighted by molar-refractivity contribution is -0.132. The van der Waals surface area contributed by atoms with Crippen LogP contribution in [-0.2, 0) is 26.0 Å². The smallest absolute Gasteiger partial charge is 0.227 e. The van der Waals surface area contributed by atoms with E-state index in [1.54, 1.807) is 0 Å². The van der Waals surface area contributed by atoms with Gasteiger partial charge in [-0.2, -0.15) is 4.31 Å². The van der Waals surface area contributed by atoms with Gasteiger partial charge in [-0.25, -0.2) is 8.42 Å². The summed E-state index contributed by atoms with van der Waals surface area (Å²) in [6.45, 7) is 4.13. The minimum Gasteiger partial charge on any atom is -0.379 e. The number of carbonyl (C=O) groups is 1. The number of hydrogen-bond acceptors (Lipinski definition) is 4. The second-order valence-electron chi connectivity index (χ2n) is 7.64. The van der Waals surface area contributed by atoms with Crippen LogP contribution in [0.15, 0.2) is 24.3 Å². The SMILES string of the molecule is Cc1[nH]c2ccccc2c1CC(=O)N1C[C@@H]2COC[C@H](C1)N(S(C)(=O)=O)C2. The normalized spacial score (nSPS) is 24.1. The van der Waals surface area contributed by atoms with Gasteiger partial charge in [-0.15, -0.1) is 0 Å². The van der Waals surface area contributed by atoms with Crippen molar-refractivity contribution in [3.8, 4) is 0 Å². The van der Waals surface area contributed by atoms with Crippen LogP contribution < -0.4 is 0 Å². The Balaban J connectivity index is 1.58. The zero-order chi connectivity index (χ0) is 19.2. The molecule has 27 heavy (non-hydrogen) atoms. The van der Waals surface area contributed by atoms with Gasteiger partial charge >= 0.3 is 0 Å². The van der Waals surface area contributed by atoms with E-state index in [0.29, 0.717) is 39.3 Å². The number of amides is 1. The van der Waals surface area contributed by atoms with E-state index in [1.807, 2.05) is 36.1 Å². The van der Waals surface area contributed by atoms with Gasteiger partial charge in [0.25, 0.3) is 0 Å². The lowest BCUT2D eigenvalue weighted by atomic mass is 10.1. The van der Waals surface area contributed by atoms with Crippen LogP contribution >= 0.6 is 0 Å². The molecule has 4 rings (SSSR count). The summed E-state index contributed by atoms with van der Waals surface area (Å²) < 4.78 is 31.5. The van der Waals surface area contributed by atoms with E-state index in [9.17, 15) is 13.2 Å². The number of H-pyrrole nitrogens is 1.